The Labute approximate surface area is 249 Å². The molecule has 0 amide bonds. The summed E-state index contributed by atoms with van der Waals surface area (Å²) in [4.78, 5) is 52.8. The van der Waals surface area contributed by atoms with Gasteiger partial charge in [0.2, 0.25) is 0 Å². The van der Waals surface area contributed by atoms with Crippen LogP contribution in [0.15, 0.2) is 23.8 Å². The summed E-state index contributed by atoms with van der Waals surface area (Å²) in [6.45, 7) is 13.0. The van der Waals surface area contributed by atoms with Crippen molar-refractivity contribution in [2.24, 2.45) is 35.5 Å². The molecule has 2 aliphatic heterocycles. The van der Waals surface area contributed by atoms with Gasteiger partial charge in [-0.1, -0.05) is 52.8 Å². The number of methoxy groups -OCH3 is 1. The minimum atomic E-state index is -1.87. The average molecular weight is 595 g/mol. The van der Waals surface area contributed by atoms with Gasteiger partial charge < -0.3 is 29.5 Å². The lowest BCUT2D eigenvalue weighted by Gasteiger charge is -2.30. The summed E-state index contributed by atoms with van der Waals surface area (Å²) in [5, 5.41) is 33.1. The van der Waals surface area contributed by atoms with Crippen LogP contribution in [0.2, 0.25) is 0 Å². The van der Waals surface area contributed by atoms with Crippen molar-refractivity contribution in [1.82, 2.24) is 0 Å². The minimum absolute atomic E-state index is 0.0382. The van der Waals surface area contributed by atoms with Gasteiger partial charge in [-0.15, -0.1) is 0 Å². The van der Waals surface area contributed by atoms with Crippen LogP contribution in [0.4, 0.5) is 0 Å². The first-order valence-electron chi connectivity index (χ1n) is 14.9. The van der Waals surface area contributed by atoms with Crippen molar-refractivity contribution in [3.8, 4) is 0 Å². The van der Waals surface area contributed by atoms with E-state index in [9.17, 15) is 34.5 Å². The van der Waals surface area contributed by atoms with Gasteiger partial charge in [-0.05, 0) is 32.8 Å². The smallest absolute Gasteiger partial charge is 0.337 e. The Kier molecular flexibility index (Phi) is 12.8. The molecule has 12 atom stereocenters. The maximum atomic E-state index is 13.7. The highest BCUT2D eigenvalue weighted by Crippen LogP contribution is 2.47. The van der Waals surface area contributed by atoms with Gasteiger partial charge >= 0.3 is 5.97 Å². The zero-order valence-corrected chi connectivity index (χ0v) is 26.4. The molecule has 0 bridgehead atoms. The molecule has 1 fully saturated rings. The van der Waals surface area contributed by atoms with Crippen molar-refractivity contribution in [2.45, 2.75) is 104 Å². The third-order valence-corrected chi connectivity index (χ3v) is 9.09. The van der Waals surface area contributed by atoms with Crippen LogP contribution in [-0.2, 0) is 33.4 Å². The van der Waals surface area contributed by atoms with Crippen LogP contribution in [-0.4, -0.2) is 88.5 Å². The number of hydrogen-bond donors (Lipinski definition) is 3. The molecule has 12 unspecified atom stereocenters. The summed E-state index contributed by atoms with van der Waals surface area (Å²) in [6.07, 6.45) is -0.351. The van der Waals surface area contributed by atoms with Gasteiger partial charge in [-0.25, -0.2) is 4.79 Å². The van der Waals surface area contributed by atoms with Crippen LogP contribution < -0.4 is 0 Å². The second-order valence-corrected chi connectivity index (χ2v) is 12.4. The number of hydrogen-bond acceptors (Lipinski definition) is 10. The van der Waals surface area contributed by atoms with Crippen molar-refractivity contribution in [2.75, 3.05) is 13.7 Å². The van der Waals surface area contributed by atoms with E-state index in [2.05, 4.69) is 0 Å². The molecule has 0 aliphatic carbocycles. The molecule has 1 saturated heterocycles. The average Bonchev–Trinajstić information content (AvgIpc) is 3.66. The number of carbonyl (C=O) groups is 4. The SMILES string of the molecule is C/C=C\C(C)C1OC1(C)C(O)C1COC(=O)C(O)C(OC)C(C)C(=O)C(C)C(O)/C(C)=C/C(C)C(=O)CCC(C)C1=O. The van der Waals surface area contributed by atoms with E-state index in [1.165, 1.54) is 21.0 Å². The predicted octanol–water partition coefficient (Wildman–Crippen LogP) is 2.60. The van der Waals surface area contributed by atoms with Gasteiger partial charge in [0.05, 0.1) is 24.2 Å². The Hall–Kier alpha value is -2.24. The van der Waals surface area contributed by atoms with Crippen LogP contribution in [0.25, 0.3) is 0 Å². The number of ketones is 3. The third kappa shape index (κ3) is 8.02. The summed E-state index contributed by atoms with van der Waals surface area (Å²) < 4.78 is 16.6. The van der Waals surface area contributed by atoms with Gasteiger partial charge in [-0.2, -0.15) is 0 Å². The normalized spacial score (nSPS) is 41.0. The quantitative estimate of drug-likeness (QED) is 0.245. The molecule has 0 aromatic carbocycles. The van der Waals surface area contributed by atoms with Gasteiger partial charge in [0, 0.05) is 43.1 Å². The lowest BCUT2D eigenvalue weighted by Crippen LogP contribution is -2.48. The second kappa shape index (κ2) is 15.0. The summed E-state index contributed by atoms with van der Waals surface area (Å²) in [5.74, 6) is -6.48. The van der Waals surface area contributed by atoms with Gasteiger partial charge in [0.15, 0.2) is 6.10 Å². The largest absolute Gasteiger partial charge is 0.463 e. The number of epoxide rings is 1. The Morgan fingerprint density at radius 3 is 2.24 bits per heavy atom. The summed E-state index contributed by atoms with van der Waals surface area (Å²) in [7, 11) is 1.24. The Morgan fingerprint density at radius 2 is 1.67 bits per heavy atom. The number of aliphatic hydroxyl groups excluding tert-OH is 3. The van der Waals surface area contributed by atoms with Crippen LogP contribution in [0.1, 0.15) is 68.2 Å². The third-order valence-electron chi connectivity index (χ3n) is 9.09. The molecular formula is C32H50O10. The van der Waals surface area contributed by atoms with E-state index in [1.807, 2.05) is 26.0 Å². The molecule has 0 aromatic heterocycles. The summed E-state index contributed by atoms with van der Waals surface area (Å²) in [5.41, 5.74) is -0.633. The Balaban J connectivity index is 2.45. The number of aliphatic hydroxyl groups is 3. The van der Waals surface area contributed by atoms with Crippen LogP contribution in [0, 0.1) is 35.5 Å². The predicted molar refractivity (Wildman–Crippen MR) is 155 cm³/mol. The van der Waals surface area contributed by atoms with Gasteiger partial charge in [0.1, 0.15) is 35.7 Å². The molecule has 0 aromatic rings. The first kappa shape index (κ1) is 36.0. The van der Waals surface area contributed by atoms with E-state index >= 15 is 0 Å². The van der Waals surface area contributed by atoms with Crippen LogP contribution in [0.5, 0.6) is 0 Å². The zero-order chi connectivity index (χ0) is 32.1. The molecule has 238 valence electrons. The first-order chi connectivity index (χ1) is 19.5. The summed E-state index contributed by atoms with van der Waals surface area (Å²) in [6, 6.07) is 0. The number of rotatable bonds is 5. The fourth-order valence-electron chi connectivity index (χ4n) is 6.04. The molecule has 10 heteroatoms. The van der Waals surface area contributed by atoms with E-state index in [-0.39, 0.29) is 30.6 Å². The lowest BCUT2D eigenvalue weighted by molar-refractivity contribution is -0.168. The number of esters is 1. The molecule has 0 spiro atoms. The highest BCUT2D eigenvalue weighted by Gasteiger charge is 2.62. The van der Waals surface area contributed by atoms with E-state index in [0.717, 1.165) is 0 Å². The van der Waals surface area contributed by atoms with Crippen molar-refractivity contribution < 1.29 is 48.7 Å². The van der Waals surface area contributed by atoms with E-state index in [0.29, 0.717) is 5.57 Å². The molecular weight excluding hydrogens is 544 g/mol. The second-order valence-electron chi connectivity index (χ2n) is 12.4. The number of cyclic esters (lactones) is 1. The number of Topliss-reactive ketones (excluding diaryl/α,β-unsaturated/α-hetero) is 3. The fourth-order valence-corrected chi connectivity index (χ4v) is 6.04. The van der Waals surface area contributed by atoms with Crippen molar-refractivity contribution in [3.05, 3.63) is 23.8 Å². The van der Waals surface area contributed by atoms with Crippen molar-refractivity contribution in [3.63, 3.8) is 0 Å². The highest BCUT2D eigenvalue weighted by molar-refractivity contribution is 5.88. The first-order valence-corrected chi connectivity index (χ1v) is 14.9. The topological polar surface area (TPSA) is 160 Å². The molecule has 2 heterocycles. The van der Waals surface area contributed by atoms with Gasteiger partial charge in [-0.3, -0.25) is 14.4 Å². The number of allylic oxidation sites excluding steroid dienone is 2. The number of carbonyl (C=O) groups excluding carboxylic acids is 4. The highest BCUT2D eigenvalue weighted by atomic mass is 16.6. The van der Waals surface area contributed by atoms with Crippen LogP contribution >= 0.6 is 0 Å². The monoisotopic (exact) mass is 594 g/mol. The molecule has 10 nitrogen and oxygen atoms in total. The number of ether oxygens (including phenoxy) is 3. The van der Waals surface area contributed by atoms with Crippen molar-refractivity contribution in [1.29, 1.82) is 0 Å². The standard InChI is InChI=1S/C32H50O10/c1-10-11-17(3)30-32(8,42-30)29(38)22-15-41-31(39)27(37)28(40-9)21(7)26(36)20(6)24(34)19(5)14-18(4)23(33)13-12-16(2)25(22)35/h10-11,14,16-18,20-22,24,27-30,34,37-38H,12-13,15H2,1-9H3/b11-10-,19-14+. The molecule has 42 heavy (non-hydrogen) atoms. The molecule has 0 saturated carbocycles. The fraction of sp³-hybridized carbons (Fsp3) is 0.750. The van der Waals surface area contributed by atoms with E-state index in [1.54, 1.807) is 33.8 Å². The molecule has 0 radical (unpaired) electrons. The molecule has 2 rings (SSSR count). The maximum Gasteiger partial charge on any atom is 0.337 e. The minimum Gasteiger partial charge on any atom is -0.463 e. The van der Waals surface area contributed by atoms with E-state index < -0.39 is 83.7 Å². The maximum absolute atomic E-state index is 13.7. The van der Waals surface area contributed by atoms with Gasteiger partial charge in [0.25, 0.3) is 0 Å². The Morgan fingerprint density at radius 1 is 1.05 bits per heavy atom. The summed E-state index contributed by atoms with van der Waals surface area (Å²) >= 11 is 0. The molecule has 3 N–H and O–H groups in total. The Bertz CT molecular complexity index is 1050. The van der Waals surface area contributed by atoms with Crippen molar-refractivity contribution >= 4 is 23.3 Å². The zero-order valence-electron chi connectivity index (χ0n) is 26.4. The molecule has 2 aliphatic rings. The van der Waals surface area contributed by atoms with Crippen LogP contribution in [0.3, 0.4) is 0 Å². The lowest BCUT2D eigenvalue weighted by atomic mass is 9.79. The van der Waals surface area contributed by atoms with E-state index in [4.69, 9.17) is 14.2 Å².